The zero-order valence-electron chi connectivity index (χ0n) is 8.58. The van der Waals surface area contributed by atoms with E-state index in [0.717, 1.165) is 12.0 Å². The van der Waals surface area contributed by atoms with Crippen LogP contribution < -0.4 is 5.32 Å². The summed E-state index contributed by atoms with van der Waals surface area (Å²) in [6, 6.07) is 8.76. The second kappa shape index (κ2) is 3.84. The van der Waals surface area contributed by atoms with Gasteiger partial charge >= 0.3 is 0 Å². The molecule has 1 aromatic heterocycles. The van der Waals surface area contributed by atoms with Crippen molar-refractivity contribution in [3.8, 4) is 0 Å². The summed E-state index contributed by atoms with van der Waals surface area (Å²) in [5.41, 5.74) is 2.30. The van der Waals surface area contributed by atoms with E-state index < -0.39 is 0 Å². The molecule has 0 aliphatic heterocycles. The first-order valence-electron chi connectivity index (χ1n) is 4.93. The number of hydrogen-bond donors (Lipinski definition) is 1. The Morgan fingerprint density at radius 2 is 2.21 bits per heavy atom. The van der Waals surface area contributed by atoms with E-state index in [1.54, 1.807) is 6.26 Å². The molecule has 2 nitrogen and oxygen atoms in total. The molecule has 2 rings (SSSR count). The van der Waals surface area contributed by atoms with E-state index in [1.165, 1.54) is 10.9 Å². The van der Waals surface area contributed by atoms with Crippen LogP contribution in [0.15, 0.2) is 34.9 Å². The van der Waals surface area contributed by atoms with E-state index in [4.69, 9.17) is 4.42 Å². The van der Waals surface area contributed by atoms with Gasteiger partial charge < -0.3 is 9.73 Å². The number of para-hydroxylation sites is 1. The fourth-order valence-corrected chi connectivity index (χ4v) is 1.65. The Morgan fingerprint density at radius 1 is 1.36 bits per heavy atom. The maximum atomic E-state index is 5.47. The number of nitrogens with one attached hydrogen (secondary N) is 1. The van der Waals surface area contributed by atoms with Crippen LogP contribution in [0.1, 0.15) is 12.5 Å². The third kappa shape index (κ3) is 1.66. The average molecular weight is 189 g/mol. The number of rotatable bonds is 3. The molecule has 0 spiro atoms. The summed E-state index contributed by atoms with van der Waals surface area (Å²) < 4.78 is 5.47. The normalized spacial score (nSPS) is 13.3. The van der Waals surface area contributed by atoms with E-state index in [2.05, 4.69) is 30.4 Å². The van der Waals surface area contributed by atoms with E-state index in [1.807, 2.05) is 13.1 Å². The molecule has 0 radical (unpaired) electrons. The lowest BCUT2D eigenvalue weighted by Crippen LogP contribution is -2.23. The fraction of sp³-hybridized carbons (Fsp3) is 0.333. The van der Waals surface area contributed by atoms with Crippen molar-refractivity contribution in [3.63, 3.8) is 0 Å². The van der Waals surface area contributed by atoms with Crippen molar-refractivity contribution in [1.82, 2.24) is 5.32 Å². The minimum atomic E-state index is 0.477. The predicted molar refractivity (Wildman–Crippen MR) is 58.4 cm³/mol. The molecule has 2 heteroatoms. The molecule has 1 heterocycles. The molecule has 0 saturated heterocycles. The lowest BCUT2D eigenvalue weighted by atomic mass is 10.1. The summed E-state index contributed by atoms with van der Waals surface area (Å²) in [5, 5.41) is 4.41. The number of benzene rings is 1. The molecular formula is C12H15NO. The molecule has 0 fully saturated rings. The Labute approximate surface area is 83.9 Å². The summed E-state index contributed by atoms with van der Waals surface area (Å²) in [7, 11) is 1.98. The molecule has 2 aromatic rings. The van der Waals surface area contributed by atoms with Gasteiger partial charge in [0.05, 0.1) is 6.26 Å². The molecule has 0 aliphatic rings. The Bertz CT molecular complexity index is 419. The van der Waals surface area contributed by atoms with Gasteiger partial charge in [-0.15, -0.1) is 0 Å². The summed E-state index contributed by atoms with van der Waals surface area (Å²) in [6.45, 7) is 2.17. The van der Waals surface area contributed by atoms with Crippen molar-refractivity contribution in [2.24, 2.45) is 0 Å². The molecule has 1 atom stereocenters. The van der Waals surface area contributed by atoms with Crippen LogP contribution in [0.25, 0.3) is 11.0 Å². The zero-order valence-corrected chi connectivity index (χ0v) is 8.58. The highest BCUT2D eigenvalue weighted by Gasteiger charge is 2.06. The molecule has 0 unspecified atom stereocenters. The summed E-state index contributed by atoms with van der Waals surface area (Å²) in [5.74, 6) is 0. The van der Waals surface area contributed by atoms with Crippen LogP contribution in [0, 0.1) is 0 Å². The maximum Gasteiger partial charge on any atom is 0.137 e. The van der Waals surface area contributed by atoms with Gasteiger partial charge in [-0.1, -0.05) is 18.2 Å². The quantitative estimate of drug-likeness (QED) is 0.802. The highest BCUT2D eigenvalue weighted by atomic mass is 16.3. The first kappa shape index (κ1) is 9.28. The molecule has 0 amide bonds. The highest BCUT2D eigenvalue weighted by molar-refractivity contribution is 5.80. The maximum absolute atomic E-state index is 5.47. The fourth-order valence-electron chi connectivity index (χ4n) is 1.65. The van der Waals surface area contributed by atoms with Gasteiger partial charge in [-0.05, 0) is 32.0 Å². The minimum absolute atomic E-state index is 0.477. The van der Waals surface area contributed by atoms with Crippen LogP contribution in [0.4, 0.5) is 0 Å². The van der Waals surface area contributed by atoms with Gasteiger partial charge in [0.25, 0.3) is 0 Å². The number of likely N-dealkylation sites (N-methyl/N-ethyl adjacent to an activating group) is 1. The first-order valence-corrected chi connectivity index (χ1v) is 4.93. The van der Waals surface area contributed by atoms with E-state index in [9.17, 15) is 0 Å². The second-order valence-electron chi connectivity index (χ2n) is 3.65. The van der Waals surface area contributed by atoms with Gasteiger partial charge in [0.1, 0.15) is 5.58 Å². The van der Waals surface area contributed by atoms with Crippen molar-refractivity contribution in [2.45, 2.75) is 19.4 Å². The Hall–Kier alpha value is -1.28. The van der Waals surface area contributed by atoms with Gasteiger partial charge in [0.2, 0.25) is 0 Å². The van der Waals surface area contributed by atoms with Crippen LogP contribution in [0.3, 0.4) is 0 Å². The Kier molecular flexibility index (Phi) is 2.55. The SMILES string of the molecule is CN[C@@H](C)Cc1cccc2ccoc12. The van der Waals surface area contributed by atoms with E-state index >= 15 is 0 Å². The molecule has 0 saturated carbocycles. The smallest absolute Gasteiger partial charge is 0.137 e. The summed E-state index contributed by atoms with van der Waals surface area (Å²) in [4.78, 5) is 0. The molecular weight excluding hydrogens is 174 g/mol. The third-order valence-corrected chi connectivity index (χ3v) is 2.58. The van der Waals surface area contributed by atoms with Crippen LogP contribution >= 0.6 is 0 Å². The molecule has 1 N–H and O–H groups in total. The summed E-state index contributed by atoms with van der Waals surface area (Å²) in [6.07, 6.45) is 2.75. The van der Waals surface area contributed by atoms with Gasteiger partial charge in [0.15, 0.2) is 0 Å². The minimum Gasteiger partial charge on any atom is -0.464 e. The second-order valence-corrected chi connectivity index (χ2v) is 3.65. The zero-order chi connectivity index (χ0) is 9.97. The Balaban J connectivity index is 2.36. The van der Waals surface area contributed by atoms with Crippen LogP contribution in [0.5, 0.6) is 0 Å². The molecule has 1 aromatic carbocycles. The topological polar surface area (TPSA) is 25.2 Å². The lowest BCUT2D eigenvalue weighted by molar-refractivity contribution is 0.585. The summed E-state index contributed by atoms with van der Waals surface area (Å²) >= 11 is 0. The lowest BCUT2D eigenvalue weighted by Gasteiger charge is -2.09. The van der Waals surface area contributed by atoms with Crippen molar-refractivity contribution >= 4 is 11.0 Å². The van der Waals surface area contributed by atoms with Gasteiger partial charge in [-0.25, -0.2) is 0 Å². The van der Waals surface area contributed by atoms with Crippen molar-refractivity contribution in [2.75, 3.05) is 7.05 Å². The first-order chi connectivity index (χ1) is 6.81. The number of fused-ring (bicyclic) bond motifs is 1. The Morgan fingerprint density at radius 3 is 3.00 bits per heavy atom. The predicted octanol–water partition coefficient (Wildman–Crippen LogP) is 2.58. The third-order valence-electron chi connectivity index (χ3n) is 2.58. The number of hydrogen-bond acceptors (Lipinski definition) is 2. The van der Waals surface area contributed by atoms with Gasteiger partial charge in [-0.3, -0.25) is 0 Å². The van der Waals surface area contributed by atoms with Crippen LogP contribution in [-0.4, -0.2) is 13.1 Å². The van der Waals surface area contributed by atoms with Crippen molar-refractivity contribution < 1.29 is 4.42 Å². The highest BCUT2D eigenvalue weighted by Crippen LogP contribution is 2.20. The monoisotopic (exact) mass is 189 g/mol. The molecule has 74 valence electrons. The van der Waals surface area contributed by atoms with Crippen LogP contribution in [-0.2, 0) is 6.42 Å². The van der Waals surface area contributed by atoms with Gasteiger partial charge in [0, 0.05) is 11.4 Å². The van der Waals surface area contributed by atoms with Crippen molar-refractivity contribution in [1.29, 1.82) is 0 Å². The van der Waals surface area contributed by atoms with E-state index in [-0.39, 0.29) is 0 Å². The number of furan rings is 1. The average Bonchev–Trinajstić information content (AvgIpc) is 2.66. The molecule has 14 heavy (non-hydrogen) atoms. The standard InChI is InChI=1S/C12H15NO/c1-9(13-2)8-11-5-3-4-10-6-7-14-12(10)11/h3-7,9,13H,8H2,1-2H3/t9-/m0/s1. The van der Waals surface area contributed by atoms with E-state index in [0.29, 0.717) is 6.04 Å². The molecule has 0 bridgehead atoms. The van der Waals surface area contributed by atoms with Crippen molar-refractivity contribution in [3.05, 3.63) is 36.1 Å². The van der Waals surface area contributed by atoms with Crippen LogP contribution in [0.2, 0.25) is 0 Å². The van der Waals surface area contributed by atoms with Gasteiger partial charge in [-0.2, -0.15) is 0 Å². The largest absolute Gasteiger partial charge is 0.464 e. The molecule has 0 aliphatic carbocycles.